The Labute approximate surface area is 237 Å². The third-order valence-corrected chi connectivity index (χ3v) is 8.75. The van der Waals surface area contributed by atoms with Crippen molar-refractivity contribution in [2.45, 2.75) is 24.4 Å². The molecule has 1 fully saturated rings. The standard InChI is InChI=1S/C34H27N3O4/c1-20-18-28-34(25-11-4-5-12-26(25)36-33(34)40)29(31(38)21-14-16-35-17-15-21)30(37(28)27-13-6-3-10-24(20)27)32(39)22-8-7-9-23(19-22)41-2/h3-19,28-30H,1-2H3,(H,36,40)/t28-,29+,30-,34-/m0/s1. The zero-order valence-electron chi connectivity index (χ0n) is 22.6. The number of methoxy groups -OCH3 is 1. The van der Waals surface area contributed by atoms with Crippen LogP contribution in [-0.4, -0.2) is 41.7 Å². The van der Waals surface area contributed by atoms with Crippen molar-refractivity contribution < 1.29 is 19.1 Å². The molecule has 7 rings (SSSR count). The van der Waals surface area contributed by atoms with Crippen LogP contribution in [0.15, 0.2) is 103 Å². The van der Waals surface area contributed by atoms with Gasteiger partial charge in [0.15, 0.2) is 11.6 Å². The lowest BCUT2D eigenvalue weighted by atomic mass is 9.64. The number of amides is 1. The van der Waals surface area contributed by atoms with E-state index in [2.05, 4.69) is 16.4 Å². The van der Waals surface area contributed by atoms with Crippen LogP contribution in [0.5, 0.6) is 5.75 Å². The average molecular weight is 542 g/mol. The number of allylic oxidation sites excluding steroid dienone is 1. The van der Waals surface area contributed by atoms with E-state index in [0.29, 0.717) is 22.6 Å². The second-order valence-corrected chi connectivity index (χ2v) is 10.7. The Hall–Kier alpha value is -5.04. The van der Waals surface area contributed by atoms with Gasteiger partial charge in [-0.15, -0.1) is 0 Å². The quantitative estimate of drug-likeness (QED) is 0.344. The van der Waals surface area contributed by atoms with Crippen LogP contribution in [0.1, 0.15) is 38.8 Å². The number of rotatable bonds is 5. The fourth-order valence-electron chi connectivity index (χ4n) is 7.03. The van der Waals surface area contributed by atoms with Gasteiger partial charge in [0.05, 0.1) is 19.1 Å². The number of carbonyl (C=O) groups is 3. The zero-order valence-corrected chi connectivity index (χ0v) is 22.6. The second kappa shape index (κ2) is 9.27. The minimum Gasteiger partial charge on any atom is -0.497 e. The van der Waals surface area contributed by atoms with Crippen molar-refractivity contribution in [2.24, 2.45) is 5.92 Å². The molecule has 1 amide bonds. The molecule has 0 aliphatic carbocycles. The van der Waals surface area contributed by atoms with E-state index in [1.165, 1.54) is 0 Å². The molecule has 3 aliphatic rings. The van der Waals surface area contributed by atoms with Crippen molar-refractivity contribution in [2.75, 3.05) is 17.3 Å². The SMILES string of the molecule is COc1cccc(C(=O)[C@@H]2[C@H](C(=O)c3ccncc3)[C@@]3(C(=O)Nc4ccccc43)[C@@H]3C=C(C)c4ccccc4N23)c1. The number of pyridine rings is 1. The summed E-state index contributed by atoms with van der Waals surface area (Å²) in [4.78, 5) is 50.0. The van der Waals surface area contributed by atoms with Crippen LogP contribution in [0.2, 0.25) is 0 Å². The molecule has 3 aliphatic heterocycles. The minimum absolute atomic E-state index is 0.252. The third kappa shape index (κ3) is 3.45. The summed E-state index contributed by atoms with van der Waals surface area (Å²) in [5, 5.41) is 3.07. The van der Waals surface area contributed by atoms with E-state index in [0.717, 1.165) is 22.4 Å². The van der Waals surface area contributed by atoms with Crippen LogP contribution in [0.4, 0.5) is 11.4 Å². The number of ketones is 2. The molecule has 1 aromatic heterocycles. The Morgan fingerprint density at radius 3 is 2.46 bits per heavy atom. The van der Waals surface area contributed by atoms with Gasteiger partial charge < -0.3 is 15.0 Å². The highest BCUT2D eigenvalue weighted by atomic mass is 16.5. The van der Waals surface area contributed by atoms with Gasteiger partial charge in [0, 0.05) is 40.5 Å². The monoisotopic (exact) mass is 541 g/mol. The first-order chi connectivity index (χ1) is 20.0. The van der Waals surface area contributed by atoms with E-state index in [9.17, 15) is 14.4 Å². The van der Waals surface area contributed by atoms with Crippen LogP contribution in [0.3, 0.4) is 0 Å². The van der Waals surface area contributed by atoms with Gasteiger partial charge in [-0.25, -0.2) is 0 Å². The summed E-state index contributed by atoms with van der Waals surface area (Å²) in [6, 6.07) is 24.1. The molecule has 41 heavy (non-hydrogen) atoms. The van der Waals surface area contributed by atoms with Crippen LogP contribution < -0.4 is 15.0 Å². The number of Topliss-reactive ketones (excluding diaryl/α,β-unsaturated/α-hetero) is 2. The van der Waals surface area contributed by atoms with Crippen molar-refractivity contribution in [3.8, 4) is 5.75 Å². The minimum atomic E-state index is -1.36. The lowest BCUT2D eigenvalue weighted by Crippen LogP contribution is -2.51. The molecule has 4 atom stereocenters. The van der Waals surface area contributed by atoms with Crippen molar-refractivity contribution in [3.05, 3.63) is 126 Å². The second-order valence-electron chi connectivity index (χ2n) is 10.7. The number of aromatic nitrogens is 1. The maximum atomic E-state index is 14.8. The summed E-state index contributed by atoms with van der Waals surface area (Å²) in [7, 11) is 1.55. The van der Waals surface area contributed by atoms with Crippen molar-refractivity contribution in [1.82, 2.24) is 4.98 Å². The number of carbonyl (C=O) groups excluding carboxylic acids is 3. The Bertz CT molecular complexity index is 1760. The fraction of sp³-hybridized carbons (Fsp3) is 0.176. The van der Waals surface area contributed by atoms with Gasteiger partial charge in [-0.3, -0.25) is 19.4 Å². The van der Waals surface area contributed by atoms with Crippen LogP contribution >= 0.6 is 0 Å². The summed E-state index contributed by atoms with van der Waals surface area (Å²) < 4.78 is 5.43. The number of benzene rings is 3. The first-order valence-electron chi connectivity index (χ1n) is 13.6. The fourth-order valence-corrected chi connectivity index (χ4v) is 7.03. The van der Waals surface area contributed by atoms with E-state index >= 15 is 0 Å². The summed E-state index contributed by atoms with van der Waals surface area (Å²) in [5.41, 5.74) is 3.60. The normalized spacial score (nSPS) is 23.8. The van der Waals surface area contributed by atoms with Gasteiger partial charge in [-0.2, -0.15) is 0 Å². The maximum Gasteiger partial charge on any atom is 0.238 e. The molecular formula is C34H27N3O4. The lowest BCUT2D eigenvalue weighted by Gasteiger charge is -2.39. The molecule has 0 saturated carbocycles. The molecule has 4 heterocycles. The molecule has 4 aromatic rings. The highest BCUT2D eigenvalue weighted by Crippen LogP contribution is 2.58. The topological polar surface area (TPSA) is 88.6 Å². The molecule has 0 bridgehead atoms. The Balaban J connectivity index is 1.55. The molecular weight excluding hydrogens is 514 g/mol. The highest BCUT2D eigenvalue weighted by Gasteiger charge is 2.70. The van der Waals surface area contributed by atoms with E-state index in [1.807, 2.05) is 60.4 Å². The lowest BCUT2D eigenvalue weighted by molar-refractivity contribution is -0.121. The predicted molar refractivity (Wildman–Crippen MR) is 156 cm³/mol. The summed E-state index contributed by atoms with van der Waals surface area (Å²) in [6.07, 6.45) is 5.17. The Morgan fingerprint density at radius 1 is 0.902 bits per heavy atom. The van der Waals surface area contributed by atoms with Crippen LogP contribution in [0, 0.1) is 5.92 Å². The van der Waals surface area contributed by atoms with Gasteiger partial charge in [0.2, 0.25) is 5.91 Å². The smallest absolute Gasteiger partial charge is 0.238 e. The molecule has 3 aromatic carbocycles. The molecule has 1 saturated heterocycles. The average Bonchev–Trinajstić information content (AvgIpc) is 3.49. The van der Waals surface area contributed by atoms with Crippen LogP contribution in [-0.2, 0) is 10.2 Å². The van der Waals surface area contributed by atoms with Crippen molar-refractivity contribution in [1.29, 1.82) is 0 Å². The summed E-state index contributed by atoms with van der Waals surface area (Å²) >= 11 is 0. The van der Waals surface area contributed by atoms with Crippen LogP contribution in [0.25, 0.3) is 5.57 Å². The number of nitrogens with zero attached hydrogens (tertiary/aromatic N) is 2. The van der Waals surface area contributed by atoms with Gasteiger partial charge >= 0.3 is 0 Å². The highest BCUT2D eigenvalue weighted by molar-refractivity contribution is 6.18. The molecule has 202 valence electrons. The van der Waals surface area contributed by atoms with E-state index in [1.54, 1.807) is 55.9 Å². The predicted octanol–water partition coefficient (Wildman–Crippen LogP) is 5.34. The number of hydrogen-bond donors (Lipinski definition) is 1. The third-order valence-electron chi connectivity index (χ3n) is 8.75. The Kier molecular flexibility index (Phi) is 5.64. The number of para-hydroxylation sites is 2. The number of anilines is 2. The van der Waals surface area contributed by atoms with Gasteiger partial charge in [0.25, 0.3) is 0 Å². The summed E-state index contributed by atoms with van der Waals surface area (Å²) in [6.45, 7) is 2.01. The number of ether oxygens (including phenoxy) is 1. The first-order valence-corrected chi connectivity index (χ1v) is 13.6. The van der Waals surface area contributed by atoms with E-state index < -0.39 is 23.4 Å². The first kappa shape index (κ1) is 25.0. The summed E-state index contributed by atoms with van der Waals surface area (Å²) in [5.74, 6) is -1.31. The number of nitrogens with one attached hydrogen (secondary N) is 1. The molecule has 0 unspecified atom stereocenters. The van der Waals surface area contributed by atoms with E-state index in [-0.39, 0.29) is 17.5 Å². The van der Waals surface area contributed by atoms with Crippen molar-refractivity contribution >= 4 is 34.4 Å². The molecule has 0 radical (unpaired) electrons. The Morgan fingerprint density at radius 2 is 1.66 bits per heavy atom. The molecule has 1 spiro atoms. The molecule has 7 nitrogen and oxygen atoms in total. The van der Waals surface area contributed by atoms with E-state index in [4.69, 9.17) is 4.74 Å². The molecule has 1 N–H and O–H groups in total. The number of hydrogen-bond acceptors (Lipinski definition) is 6. The zero-order chi connectivity index (χ0) is 28.3. The molecule has 7 heteroatoms. The van der Waals surface area contributed by atoms with Gasteiger partial charge in [-0.05, 0) is 54.5 Å². The largest absolute Gasteiger partial charge is 0.497 e. The van der Waals surface area contributed by atoms with Gasteiger partial charge in [0.1, 0.15) is 17.2 Å². The number of fused-ring (bicyclic) bond motifs is 6. The van der Waals surface area contributed by atoms with Gasteiger partial charge in [-0.1, -0.05) is 54.6 Å². The maximum absolute atomic E-state index is 14.8. The van der Waals surface area contributed by atoms with Crippen molar-refractivity contribution in [3.63, 3.8) is 0 Å².